The molecule has 0 saturated carbocycles. The first-order chi connectivity index (χ1) is 15.4. The Kier molecular flexibility index (Phi) is 6.81. The van der Waals surface area contributed by atoms with Gasteiger partial charge in [-0.05, 0) is 54.3 Å². The molecule has 2 aromatic rings. The third-order valence-electron chi connectivity index (χ3n) is 5.73. The number of amides is 1. The molecule has 1 amide bonds. The monoisotopic (exact) mass is 456 g/mol. The zero-order valence-electron chi connectivity index (χ0n) is 18.2. The number of benzene rings is 2. The second-order valence-electron chi connectivity index (χ2n) is 8.10. The van der Waals surface area contributed by atoms with Crippen LogP contribution >= 0.6 is 0 Å². The van der Waals surface area contributed by atoms with Crippen LogP contribution in [0.1, 0.15) is 36.8 Å². The van der Waals surface area contributed by atoms with E-state index in [1.807, 2.05) is 18.2 Å². The highest BCUT2D eigenvalue weighted by Crippen LogP contribution is 2.32. The van der Waals surface area contributed by atoms with Crippen LogP contribution in [-0.2, 0) is 21.4 Å². The topological polar surface area (TPSA) is 76.1 Å². The van der Waals surface area contributed by atoms with Gasteiger partial charge in [0.15, 0.2) is 11.5 Å². The Morgan fingerprint density at radius 2 is 1.69 bits per heavy atom. The maximum Gasteiger partial charge on any atom is 0.246 e. The SMILES string of the molecule is CN(Cc1ccc2c(c1)OCO2)C(=O)/C=C/c1ccc(S(=O)(=O)N2CCCCCC2)cc1. The lowest BCUT2D eigenvalue weighted by Crippen LogP contribution is -2.31. The van der Waals surface area contributed by atoms with Crippen molar-refractivity contribution in [1.29, 1.82) is 0 Å². The summed E-state index contributed by atoms with van der Waals surface area (Å²) in [5, 5.41) is 0. The van der Waals surface area contributed by atoms with E-state index in [4.69, 9.17) is 9.47 Å². The number of sulfonamides is 1. The van der Waals surface area contributed by atoms with Crippen molar-refractivity contribution in [1.82, 2.24) is 9.21 Å². The molecule has 0 unspecified atom stereocenters. The average molecular weight is 457 g/mol. The molecule has 4 rings (SSSR count). The van der Waals surface area contributed by atoms with Gasteiger partial charge in [0.2, 0.25) is 22.7 Å². The standard InChI is InChI=1S/C24H28N2O5S/c1-25(17-20-8-12-22-23(16-20)31-18-30-22)24(27)13-9-19-6-10-21(11-7-19)32(28,29)26-14-4-2-3-5-15-26/h6-13,16H,2-5,14-15,17-18H2,1H3/b13-9+. The summed E-state index contributed by atoms with van der Waals surface area (Å²) >= 11 is 0. The molecule has 2 aliphatic heterocycles. The summed E-state index contributed by atoms with van der Waals surface area (Å²) < 4.78 is 38.0. The van der Waals surface area contributed by atoms with Crippen molar-refractivity contribution < 1.29 is 22.7 Å². The third-order valence-corrected chi connectivity index (χ3v) is 7.65. The maximum atomic E-state index is 12.9. The van der Waals surface area contributed by atoms with Gasteiger partial charge in [0.1, 0.15) is 0 Å². The Labute approximate surface area is 189 Å². The van der Waals surface area contributed by atoms with Gasteiger partial charge in [0, 0.05) is 32.8 Å². The van der Waals surface area contributed by atoms with Crippen LogP contribution < -0.4 is 9.47 Å². The Bertz CT molecular complexity index is 1090. The van der Waals surface area contributed by atoms with Crippen LogP contribution in [0.15, 0.2) is 53.4 Å². The molecule has 2 aromatic carbocycles. The largest absolute Gasteiger partial charge is 0.454 e. The van der Waals surface area contributed by atoms with E-state index >= 15 is 0 Å². The molecule has 0 radical (unpaired) electrons. The number of likely N-dealkylation sites (N-methyl/N-ethyl adjacent to an activating group) is 1. The van der Waals surface area contributed by atoms with Crippen molar-refractivity contribution in [2.45, 2.75) is 37.1 Å². The molecule has 8 heteroatoms. The fraction of sp³-hybridized carbons (Fsp3) is 0.375. The van der Waals surface area contributed by atoms with Gasteiger partial charge < -0.3 is 14.4 Å². The summed E-state index contributed by atoms with van der Waals surface area (Å²) in [6, 6.07) is 12.3. The lowest BCUT2D eigenvalue weighted by atomic mass is 10.2. The Hall–Kier alpha value is -2.84. The van der Waals surface area contributed by atoms with Crippen LogP contribution in [0.4, 0.5) is 0 Å². The quantitative estimate of drug-likeness (QED) is 0.620. The molecular weight excluding hydrogens is 428 g/mol. The first-order valence-corrected chi connectivity index (χ1v) is 12.3. The van der Waals surface area contributed by atoms with E-state index < -0.39 is 10.0 Å². The van der Waals surface area contributed by atoms with Gasteiger partial charge in [-0.15, -0.1) is 0 Å². The fourth-order valence-electron chi connectivity index (χ4n) is 3.87. The van der Waals surface area contributed by atoms with Crippen LogP contribution in [0, 0.1) is 0 Å². The molecule has 0 bridgehead atoms. The van der Waals surface area contributed by atoms with Crippen LogP contribution in [-0.4, -0.2) is 50.5 Å². The second kappa shape index (κ2) is 9.75. The minimum absolute atomic E-state index is 0.149. The zero-order chi connectivity index (χ0) is 22.6. The van der Waals surface area contributed by atoms with Gasteiger partial charge in [-0.2, -0.15) is 4.31 Å². The van der Waals surface area contributed by atoms with Crippen molar-refractivity contribution in [2.75, 3.05) is 26.9 Å². The number of carbonyl (C=O) groups is 1. The predicted molar refractivity (Wildman–Crippen MR) is 122 cm³/mol. The van der Waals surface area contributed by atoms with Gasteiger partial charge in [0.05, 0.1) is 4.90 Å². The van der Waals surface area contributed by atoms with Crippen LogP contribution in [0.2, 0.25) is 0 Å². The van der Waals surface area contributed by atoms with Gasteiger partial charge in [-0.25, -0.2) is 8.42 Å². The van der Waals surface area contributed by atoms with E-state index in [0.717, 1.165) is 36.8 Å². The van der Waals surface area contributed by atoms with Crippen LogP contribution in [0.5, 0.6) is 11.5 Å². The van der Waals surface area contributed by atoms with Crippen molar-refractivity contribution in [3.05, 3.63) is 59.7 Å². The number of rotatable bonds is 6. The van der Waals surface area contributed by atoms with Crippen molar-refractivity contribution in [2.24, 2.45) is 0 Å². The first kappa shape index (κ1) is 22.4. The Balaban J connectivity index is 1.37. The molecule has 170 valence electrons. The molecule has 2 aliphatic rings. The average Bonchev–Trinajstić information content (AvgIpc) is 3.08. The minimum atomic E-state index is -3.47. The maximum absolute atomic E-state index is 12.9. The number of ether oxygens (including phenoxy) is 2. The summed E-state index contributed by atoms with van der Waals surface area (Å²) in [6.45, 7) is 1.81. The number of nitrogens with zero attached hydrogens (tertiary/aromatic N) is 2. The highest BCUT2D eigenvalue weighted by molar-refractivity contribution is 7.89. The molecule has 0 N–H and O–H groups in total. The van der Waals surface area contributed by atoms with Gasteiger partial charge in [0.25, 0.3) is 0 Å². The van der Waals surface area contributed by atoms with E-state index in [1.165, 1.54) is 6.08 Å². The van der Waals surface area contributed by atoms with E-state index in [1.54, 1.807) is 46.6 Å². The van der Waals surface area contributed by atoms with E-state index in [-0.39, 0.29) is 12.7 Å². The molecule has 7 nitrogen and oxygen atoms in total. The summed E-state index contributed by atoms with van der Waals surface area (Å²) in [6.07, 6.45) is 7.15. The van der Waals surface area contributed by atoms with Gasteiger partial charge >= 0.3 is 0 Å². The molecule has 0 atom stereocenters. The molecule has 32 heavy (non-hydrogen) atoms. The number of hydrogen-bond acceptors (Lipinski definition) is 5. The molecule has 1 fully saturated rings. The fourth-order valence-corrected chi connectivity index (χ4v) is 5.38. The van der Waals surface area contributed by atoms with E-state index in [2.05, 4.69) is 0 Å². The van der Waals surface area contributed by atoms with Gasteiger partial charge in [-0.3, -0.25) is 4.79 Å². The Morgan fingerprint density at radius 3 is 2.41 bits per heavy atom. The summed E-state index contributed by atoms with van der Waals surface area (Å²) in [5.41, 5.74) is 1.71. The predicted octanol–water partition coefficient (Wildman–Crippen LogP) is 3.65. The molecule has 0 aromatic heterocycles. The zero-order valence-corrected chi connectivity index (χ0v) is 19.0. The number of fused-ring (bicyclic) bond motifs is 1. The summed E-state index contributed by atoms with van der Waals surface area (Å²) in [4.78, 5) is 14.4. The van der Waals surface area contributed by atoms with E-state index in [9.17, 15) is 13.2 Å². The molecule has 0 aliphatic carbocycles. The highest BCUT2D eigenvalue weighted by atomic mass is 32.2. The minimum Gasteiger partial charge on any atom is -0.454 e. The first-order valence-electron chi connectivity index (χ1n) is 10.9. The lowest BCUT2D eigenvalue weighted by molar-refractivity contribution is -0.125. The second-order valence-corrected chi connectivity index (χ2v) is 10.0. The molecule has 2 heterocycles. The normalized spacial score (nSPS) is 16.8. The number of carbonyl (C=O) groups excluding carboxylic acids is 1. The lowest BCUT2D eigenvalue weighted by Gasteiger charge is -2.19. The Morgan fingerprint density at radius 1 is 1.00 bits per heavy atom. The highest BCUT2D eigenvalue weighted by Gasteiger charge is 2.24. The van der Waals surface area contributed by atoms with Crippen molar-refractivity contribution >= 4 is 22.0 Å². The third kappa shape index (κ3) is 5.14. The van der Waals surface area contributed by atoms with Crippen molar-refractivity contribution in [3.8, 4) is 11.5 Å². The smallest absolute Gasteiger partial charge is 0.246 e. The van der Waals surface area contributed by atoms with Crippen LogP contribution in [0.25, 0.3) is 6.08 Å². The van der Waals surface area contributed by atoms with Crippen molar-refractivity contribution in [3.63, 3.8) is 0 Å². The molecular formula is C24H28N2O5S. The molecule has 0 spiro atoms. The van der Waals surface area contributed by atoms with E-state index in [0.29, 0.717) is 36.0 Å². The number of hydrogen-bond donors (Lipinski definition) is 0. The summed E-state index contributed by atoms with van der Waals surface area (Å²) in [5.74, 6) is 1.25. The molecule has 1 saturated heterocycles. The summed E-state index contributed by atoms with van der Waals surface area (Å²) in [7, 11) is -1.74. The van der Waals surface area contributed by atoms with Crippen LogP contribution in [0.3, 0.4) is 0 Å². The van der Waals surface area contributed by atoms with Gasteiger partial charge in [-0.1, -0.05) is 31.0 Å².